The smallest absolute Gasteiger partial charge is 0.325 e. The van der Waals surface area contributed by atoms with E-state index in [1.165, 1.54) is 11.3 Å². The van der Waals surface area contributed by atoms with Crippen LogP contribution in [0.3, 0.4) is 0 Å². The van der Waals surface area contributed by atoms with E-state index in [1.54, 1.807) is 19.2 Å². The minimum atomic E-state index is -0.513. The van der Waals surface area contributed by atoms with Crippen LogP contribution in [0.15, 0.2) is 47.8 Å². The average molecular weight is 410 g/mol. The molecule has 0 saturated carbocycles. The number of thiazole rings is 1. The van der Waals surface area contributed by atoms with Gasteiger partial charge in [0.25, 0.3) is 5.91 Å². The van der Waals surface area contributed by atoms with E-state index in [-0.39, 0.29) is 19.1 Å². The second-order valence-electron chi connectivity index (χ2n) is 6.51. The summed E-state index contributed by atoms with van der Waals surface area (Å²) in [6, 6.07) is 13.0. The summed E-state index contributed by atoms with van der Waals surface area (Å²) in [4.78, 5) is 28.6. The first-order valence-electron chi connectivity index (χ1n) is 9.06. The third-order valence-corrected chi connectivity index (χ3v) is 5.37. The fourth-order valence-electron chi connectivity index (χ4n) is 2.58. The highest BCUT2D eigenvalue weighted by atomic mass is 32.1. The highest BCUT2D eigenvalue weighted by molar-refractivity contribution is 7.13. The first-order chi connectivity index (χ1) is 14.0. The summed E-state index contributed by atoms with van der Waals surface area (Å²) in [5.41, 5.74) is 4.28. The zero-order chi connectivity index (χ0) is 20.8. The summed E-state index contributed by atoms with van der Waals surface area (Å²) in [6.45, 7) is 3.79. The summed E-state index contributed by atoms with van der Waals surface area (Å²) < 4.78 is 10.4. The molecule has 29 heavy (non-hydrogen) atoms. The number of nitrogens with zero attached hydrogens (tertiary/aromatic N) is 1. The molecule has 1 heterocycles. The molecule has 0 radical (unpaired) electrons. The van der Waals surface area contributed by atoms with Crippen LogP contribution >= 0.6 is 11.3 Å². The molecule has 0 bridgehead atoms. The Balaban J connectivity index is 1.48. The van der Waals surface area contributed by atoms with Crippen LogP contribution in [0.2, 0.25) is 0 Å². The molecule has 0 unspecified atom stereocenters. The molecule has 7 heteroatoms. The topological polar surface area (TPSA) is 77.5 Å². The first-order valence-corrected chi connectivity index (χ1v) is 9.94. The molecule has 3 aromatic rings. The Hall–Kier alpha value is -3.19. The molecule has 1 N–H and O–H groups in total. The molecule has 0 fully saturated rings. The Morgan fingerprint density at radius 2 is 1.83 bits per heavy atom. The molecule has 150 valence electrons. The number of hydrogen-bond donors (Lipinski definition) is 1. The van der Waals surface area contributed by atoms with Gasteiger partial charge in [-0.05, 0) is 61.4 Å². The van der Waals surface area contributed by atoms with Gasteiger partial charge < -0.3 is 14.8 Å². The van der Waals surface area contributed by atoms with E-state index in [2.05, 4.69) is 10.3 Å². The van der Waals surface area contributed by atoms with Gasteiger partial charge in [-0.2, -0.15) is 0 Å². The number of carbonyl (C=O) groups excluding carboxylic acids is 2. The first kappa shape index (κ1) is 20.5. The maximum atomic E-state index is 12.2. The standard InChI is InChI=1S/C22H22N2O4S/c1-14-4-5-17(10-15(14)2)21(26)23-11-20(25)28-12-18-13-29-22(24-18)16-6-8-19(27-3)9-7-16/h4-10,13H,11-12H2,1-3H3,(H,23,26). The van der Waals surface area contributed by atoms with Crippen molar-refractivity contribution in [2.45, 2.75) is 20.5 Å². The van der Waals surface area contributed by atoms with Crippen molar-refractivity contribution >= 4 is 23.2 Å². The Bertz CT molecular complexity index is 1010. The van der Waals surface area contributed by atoms with E-state index in [0.29, 0.717) is 11.3 Å². The highest BCUT2D eigenvalue weighted by Crippen LogP contribution is 2.25. The maximum Gasteiger partial charge on any atom is 0.325 e. The van der Waals surface area contributed by atoms with Crippen molar-refractivity contribution in [3.05, 3.63) is 70.2 Å². The number of carbonyl (C=O) groups is 2. The number of rotatable bonds is 7. The number of aromatic nitrogens is 1. The number of methoxy groups -OCH3 is 1. The van der Waals surface area contributed by atoms with Gasteiger partial charge in [0.15, 0.2) is 0 Å². The molecular weight excluding hydrogens is 388 g/mol. The predicted molar refractivity (Wildman–Crippen MR) is 112 cm³/mol. The van der Waals surface area contributed by atoms with Gasteiger partial charge in [-0.25, -0.2) is 4.98 Å². The van der Waals surface area contributed by atoms with Gasteiger partial charge in [0.05, 0.1) is 12.8 Å². The minimum Gasteiger partial charge on any atom is -0.497 e. The average Bonchev–Trinajstić information content (AvgIpc) is 3.21. The Morgan fingerprint density at radius 3 is 2.52 bits per heavy atom. The Kier molecular flexibility index (Phi) is 6.61. The normalized spacial score (nSPS) is 10.4. The van der Waals surface area contributed by atoms with Crippen LogP contribution < -0.4 is 10.1 Å². The van der Waals surface area contributed by atoms with Crippen LogP contribution in [0.4, 0.5) is 0 Å². The molecule has 1 aromatic heterocycles. The van der Waals surface area contributed by atoms with E-state index >= 15 is 0 Å². The summed E-state index contributed by atoms with van der Waals surface area (Å²) in [5, 5.41) is 5.26. The minimum absolute atomic E-state index is 0.0605. The van der Waals surface area contributed by atoms with Crippen LogP contribution in [0.5, 0.6) is 5.75 Å². The SMILES string of the molecule is COc1ccc(-c2nc(COC(=O)CNC(=O)c3ccc(C)c(C)c3)cs2)cc1. The third-order valence-electron chi connectivity index (χ3n) is 4.43. The van der Waals surface area contributed by atoms with Crippen molar-refractivity contribution in [1.29, 1.82) is 0 Å². The highest BCUT2D eigenvalue weighted by Gasteiger charge is 2.11. The lowest BCUT2D eigenvalue weighted by atomic mass is 10.1. The van der Waals surface area contributed by atoms with E-state index < -0.39 is 5.97 Å². The Morgan fingerprint density at radius 1 is 1.07 bits per heavy atom. The molecule has 0 aliphatic rings. The molecular formula is C22H22N2O4S. The Labute approximate surface area is 173 Å². The van der Waals surface area contributed by atoms with Crippen molar-refractivity contribution in [3.63, 3.8) is 0 Å². The summed E-state index contributed by atoms with van der Waals surface area (Å²) in [6.07, 6.45) is 0. The number of ether oxygens (including phenoxy) is 2. The van der Waals surface area contributed by atoms with Gasteiger partial charge in [-0.15, -0.1) is 11.3 Å². The van der Waals surface area contributed by atoms with E-state index in [0.717, 1.165) is 27.4 Å². The number of nitrogens with one attached hydrogen (secondary N) is 1. The number of aryl methyl sites for hydroxylation is 2. The van der Waals surface area contributed by atoms with Crippen LogP contribution in [-0.2, 0) is 16.1 Å². The van der Waals surface area contributed by atoms with Crippen molar-refractivity contribution in [1.82, 2.24) is 10.3 Å². The molecule has 0 aliphatic carbocycles. The van der Waals surface area contributed by atoms with E-state index in [9.17, 15) is 9.59 Å². The van der Waals surface area contributed by atoms with Crippen molar-refractivity contribution in [2.75, 3.05) is 13.7 Å². The third kappa shape index (κ3) is 5.42. The van der Waals surface area contributed by atoms with Crippen LogP contribution in [0.1, 0.15) is 27.2 Å². The number of hydrogen-bond acceptors (Lipinski definition) is 6. The molecule has 0 aliphatic heterocycles. The summed E-state index contributed by atoms with van der Waals surface area (Å²) in [5.74, 6) is -0.0380. The molecule has 0 spiro atoms. The zero-order valence-corrected chi connectivity index (χ0v) is 17.3. The fourth-order valence-corrected chi connectivity index (χ4v) is 3.39. The molecule has 0 atom stereocenters. The van der Waals surface area contributed by atoms with Gasteiger partial charge in [0.2, 0.25) is 0 Å². The van der Waals surface area contributed by atoms with Crippen LogP contribution in [-0.4, -0.2) is 30.5 Å². The van der Waals surface area contributed by atoms with Gasteiger partial charge >= 0.3 is 5.97 Å². The predicted octanol–water partition coefficient (Wildman–Crippen LogP) is 3.91. The summed E-state index contributed by atoms with van der Waals surface area (Å²) >= 11 is 1.47. The van der Waals surface area contributed by atoms with Crippen molar-refractivity contribution < 1.29 is 19.1 Å². The van der Waals surface area contributed by atoms with Gasteiger partial charge in [0.1, 0.15) is 23.9 Å². The lowest BCUT2D eigenvalue weighted by Crippen LogP contribution is -2.30. The van der Waals surface area contributed by atoms with Gasteiger partial charge in [-0.3, -0.25) is 9.59 Å². The maximum absolute atomic E-state index is 12.2. The number of benzene rings is 2. The lowest BCUT2D eigenvalue weighted by Gasteiger charge is -2.07. The molecule has 2 aromatic carbocycles. The fraction of sp³-hybridized carbons (Fsp3) is 0.227. The molecule has 1 amide bonds. The number of amides is 1. The second-order valence-corrected chi connectivity index (χ2v) is 7.37. The van der Waals surface area contributed by atoms with Crippen molar-refractivity contribution in [3.8, 4) is 16.3 Å². The van der Waals surface area contributed by atoms with Crippen LogP contribution in [0, 0.1) is 13.8 Å². The van der Waals surface area contributed by atoms with Crippen molar-refractivity contribution in [2.24, 2.45) is 0 Å². The van der Waals surface area contributed by atoms with E-state index in [1.807, 2.05) is 49.6 Å². The molecule has 3 rings (SSSR count). The lowest BCUT2D eigenvalue weighted by molar-refractivity contribution is -0.143. The van der Waals surface area contributed by atoms with E-state index in [4.69, 9.17) is 9.47 Å². The number of esters is 1. The van der Waals surface area contributed by atoms with Crippen LogP contribution in [0.25, 0.3) is 10.6 Å². The summed E-state index contributed by atoms with van der Waals surface area (Å²) in [7, 11) is 1.62. The largest absolute Gasteiger partial charge is 0.497 e. The molecule has 0 saturated heterocycles. The monoisotopic (exact) mass is 410 g/mol. The second kappa shape index (κ2) is 9.34. The van der Waals surface area contributed by atoms with Gasteiger partial charge in [-0.1, -0.05) is 6.07 Å². The molecule has 6 nitrogen and oxygen atoms in total. The van der Waals surface area contributed by atoms with Gasteiger partial charge in [0, 0.05) is 16.5 Å². The zero-order valence-electron chi connectivity index (χ0n) is 16.5. The quantitative estimate of drug-likeness (QED) is 0.598.